The summed E-state index contributed by atoms with van der Waals surface area (Å²) in [6, 6.07) is 2.12. The number of ether oxygens (including phenoxy) is 1. The molecule has 1 aromatic rings. The molecular formula is C11H17N3OS. The van der Waals surface area contributed by atoms with Crippen LogP contribution in [0.1, 0.15) is 12.5 Å². The average Bonchev–Trinajstić information content (AvgIpc) is 2.21. The molecule has 0 aliphatic carbocycles. The van der Waals surface area contributed by atoms with Crippen molar-refractivity contribution in [3.8, 4) is 0 Å². The van der Waals surface area contributed by atoms with E-state index in [-0.39, 0.29) is 6.04 Å². The molecule has 0 spiro atoms. The molecule has 0 saturated carbocycles. The number of anilines is 1. The zero-order valence-electron chi connectivity index (χ0n) is 9.78. The number of methoxy groups -OCH3 is 1. The lowest BCUT2D eigenvalue weighted by Crippen LogP contribution is -2.38. The van der Waals surface area contributed by atoms with Crippen LogP contribution in [-0.4, -0.2) is 29.9 Å². The van der Waals surface area contributed by atoms with Crippen molar-refractivity contribution >= 4 is 23.0 Å². The molecular weight excluding hydrogens is 222 g/mol. The molecule has 0 radical (unpaired) electrons. The second-order valence-corrected chi connectivity index (χ2v) is 4.05. The zero-order chi connectivity index (χ0) is 12.0. The molecule has 1 atom stereocenters. The van der Waals surface area contributed by atoms with Gasteiger partial charge >= 0.3 is 0 Å². The second-order valence-electron chi connectivity index (χ2n) is 3.65. The fourth-order valence-corrected chi connectivity index (χ4v) is 1.58. The molecule has 16 heavy (non-hydrogen) atoms. The molecule has 2 N–H and O–H groups in total. The smallest absolute Gasteiger partial charge is 0.171 e. The zero-order valence-corrected chi connectivity index (χ0v) is 10.6. The summed E-state index contributed by atoms with van der Waals surface area (Å²) in [7, 11) is 1.67. The lowest BCUT2D eigenvalue weighted by molar-refractivity contribution is 0.179. The topological polar surface area (TPSA) is 46.2 Å². The van der Waals surface area contributed by atoms with E-state index < -0.39 is 0 Å². The van der Waals surface area contributed by atoms with Crippen molar-refractivity contribution in [2.24, 2.45) is 0 Å². The molecule has 1 unspecified atom stereocenters. The van der Waals surface area contributed by atoms with Crippen LogP contribution in [0.4, 0.5) is 5.69 Å². The van der Waals surface area contributed by atoms with Crippen LogP contribution in [0.3, 0.4) is 0 Å². The van der Waals surface area contributed by atoms with Gasteiger partial charge in [-0.1, -0.05) is 0 Å². The molecule has 1 rings (SSSR count). The van der Waals surface area contributed by atoms with E-state index in [2.05, 4.69) is 15.6 Å². The number of hydrogen-bond donors (Lipinski definition) is 2. The highest BCUT2D eigenvalue weighted by Crippen LogP contribution is 2.10. The standard InChI is InChI=1S/C11H17N3OS/c1-8-4-5-12-6-10(8)14-11(16)13-9(2)7-15-3/h4-6,9H,7H2,1-3H3,(H2,13,14,16). The monoisotopic (exact) mass is 239 g/mol. The van der Waals surface area contributed by atoms with Gasteiger partial charge in [0.05, 0.1) is 18.5 Å². The van der Waals surface area contributed by atoms with E-state index in [9.17, 15) is 0 Å². The Bertz CT molecular complexity index is 357. The highest BCUT2D eigenvalue weighted by molar-refractivity contribution is 7.80. The summed E-state index contributed by atoms with van der Waals surface area (Å²) in [4.78, 5) is 4.04. The Morgan fingerprint density at radius 2 is 2.38 bits per heavy atom. The Morgan fingerprint density at radius 3 is 3.00 bits per heavy atom. The average molecular weight is 239 g/mol. The summed E-state index contributed by atoms with van der Waals surface area (Å²) in [5.41, 5.74) is 2.03. The molecule has 0 bridgehead atoms. The van der Waals surface area contributed by atoms with E-state index >= 15 is 0 Å². The van der Waals surface area contributed by atoms with Crippen LogP contribution in [0, 0.1) is 6.92 Å². The van der Waals surface area contributed by atoms with Gasteiger partial charge in [0.25, 0.3) is 0 Å². The third-order valence-corrected chi connectivity index (χ3v) is 2.30. The molecule has 0 aliphatic rings. The molecule has 0 aliphatic heterocycles. The van der Waals surface area contributed by atoms with E-state index in [4.69, 9.17) is 17.0 Å². The number of rotatable bonds is 4. The van der Waals surface area contributed by atoms with Crippen molar-refractivity contribution in [3.63, 3.8) is 0 Å². The van der Waals surface area contributed by atoms with Gasteiger partial charge < -0.3 is 15.4 Å². The first-order chi connectivity index (χ1) is 7.63. The number of aromatic nitrogens is 1. The molecule has 1 aromatic heterocycles. The normalized spacial score (nSPS) is 11.9. The fraction of sp³-hybridized carbons (Fsp3) is 0.455. The summed E-state index contributed by atoms with van der Waals surface area (Å²) < 4.78 is 5.02. The van der Waals surface area contributed by atoms with Gasteiger partial charge in [-0.05, 0) is 37.7 Å². The number of hydrogen-bond acceptors (Lipinski definition) is 3. The molecule has 0 fully saturated rings. The summed E-state index contributed by atoms with van der Waals surface area (Å²) in [5.74, 6) is 0. The molecule has 4 nitrogen and oxygen atoms in total. The van der Waals surface area contributed by atoms with E-state index in [1.807, 2.05) is 19.9 Å². The van der Waals surface area contributed by atoms with Gasteiger partial charge in [0.1, 0.15) is 0 Å². The lowest BCUT2D eigenvalue weighted by Gasteiger charge is -2.16. The highest BCUT2D eigenvalue weighted by atomic mass is 32.1. The largest absolute Gasteiger partial charge is 0.383 e. The van der Waals surface area contributed by atoms with Crippen molar-refractivity contribution in [1.29, 1.82) is 0 Å². The minimum atomic E-state index is 0.182. The summed E-state index contributed by atoms with van der Waals surface area (Å²) in [5, 5.41) is 6.81. The highest BCUT2D eigenvalue weighted by Gasteiger charge is 2.04. The van der Waals surface area contributed by atoms with Crippen molar-refractivity contribution < 1.29 is 4.74 Å². The van der Waals surface area contributed by atoms with Gasteiger partial charge in [0, 0.05) is 19.3 Å². The maximum absolute atomic E-state index is 5.18. The summed E-state index contributed by atoms with van der Waals surface area (Å²) in [6.45, 7) is 4.63. The Hall–Kier alpha value is -1.20. The van der Waals surface area contributed by atoms with Crippen molar-refractivity contribution in [2.75, 3.05) is 19.0 Å². The van der Waals surface area contributed by atoms with Crippen LogP contribution >= 0.6 is 12.2 Å². The molecule has 88 valence electrons. The maximum atomic E-state index is 5.18. The van der Waals surface area contributed by atoms with Gasteiger partial charge in [-0.2, -0.15) is 0 Å². The van der Waals surface area contributed by atoms with Crippen molar-refractivity contribution in [2.45, 2.75) is 19.9 Å². The molecule has 0 saturated heterocycles. The quantitative estimate of drug-likeness (QED) is 0.783. The van der Waals surface area contributed by atoms with Crippen molar-refractivity contribution in [1.82, 2.24) is 10.3 Å². The predicted octanol–water partition coefficient (Wildman–Crippen LogP) is 1.71. The predicted molar refractivity (Wildman–Crippen MR) is 69.7 cm³/mol. The van der Waals surface area contributed by atoms with E-state index in [1.165, 1.54) is 0 Å². The number of aryl methyl sites for hydroxylation is 1. The third-order valence-electron chi connectivity index (χ3n) is 2.08. The number of nitrogens with one attached hydrogen (secondary N) is 2. The number of pyridine rings is 1. The van der Waals surface area contributed by atoms with Crippen LogP contribution in [0.5, 0.6) is 0 Å². The van der Waals surface area contributed by atoms with Crippen LogP contribution in [0.25, 0.3) is 0 Å². The van der Waals surface area contributed by atoms with Crippen LogP contribution in [-0.2, 0) is 4.74 Å². The second kappa shape index (κ2) is 6.40. The van der Waals surface area contributed by atoms with E-state index in [1.54, 1.807) is 19.5 Å². The first kappa shape index (κ1) is 12.9. The lowest BCUT2D eigenvalue weighted by atomic mass is 10.2. The Kier molecular flexibility index (Phi) is 5.14. The third kappa shape index (κ3) is 4.12. The number of thiocarbonyl (C=S) groups is 1. The van der Waals surface area contributed by atoms with E-state index in [0.717, 1.165) is 11.3 Å². The van der Waals surface area contributed by atoms with Gasteiger partial charge in [0.2, 0.25) is 0 Å². The van der Waals surface area contributed by atoms with Gasteiger partial charge in [-0.25, -0.2) is 0 Å². The molecule has 0 amide bonds. The first-order valence-electron chi connectivity index (χ1n) is 5.10. The van der Waals surface area contributed by atoms with Gasteiger partial charge in [0.15, 0.2) is 5.11 Å². The molecule has 0 aromatic carbocycles. The Labute approximate surface area is 101 Å². The SMILES string of the molecule is COCC(C)NC(=S)Nc1cnccc1C. The minimum absolute atomic E-state index is 0.182. The van der Waals surface area contributed by atoms with Crippen LogP contribution in [0.2, 0.25) is 0 Å². The molecule has 5 heteroatoms. The van der Waals surface area contributed by atoms with Crippen LogP contribution < -0.4 is 10.6 Å². The number of nitrogens with zero attached hydrogens (tertiary/aromatic N) is 1. The molecule has 1 heterocycles. The first-order valence-corrected chi connectivity index (χ1v) is 5.51. The van der Waals surface area contributed by atoms with Gasteiger partial charge in [-0.3, -0.25) is 4.98 Å². The van der Waals surface area contributed by atoms with Crippen LogP contribution in [0.15, 0.2) is 18.5 Å². The van der Waals surface area contributed by atoms with Crippen molar-refractivity contribution in [3.05, 3.63) is 24.0 Å². The maximum Gasteiger partial charge on any atom is 0.171 e. The van der Waals surface area contributed by atoms with E-state index in [0.29, 0.717) is 11.7 Å². The summed E-state index contributed by atoms with van der Waals surface area (Å²) >= 11 is 5.18. The Morgan fingerprint density at radius 1 is 1.62 bits per heavy atom. The fourth-order valence-electron chi connectivity index (χ4n) is 1.27. The minimum Gasteiger partial charge on any atom is -0.383 e. The Balaban J connectivity index is 2.49. The summed E-state index contributed by atoms with van der Waals surface area (Å²) in [6.07, 6.45) is 3.51. The van der Waals surface area contributed by atoms with Gasteiger partial charge in [-0.15, -0.1) is 0 Å².